The minimum atomic E-state index is -0.130. The van der Waals surface area contributed by atoms with E-state index in [-0.39, 0.29) is 5.54 Å². The number of rotatable bonds is 2. The van der Waals surface area contributed by atoms with Gasteiger partial charge in [0, 0.05) is 29.7 Å². The smallest absolute Gasteiger partial charge is 0.193 e. The van der Waals surface area contributed by atoms with E-state index in [4.69, 9.17) is 10.7 Å². The predicted molar refractivity (Wildman–Crippen MR) is 85.1 cm³/mol. The summed E-state index contributed by atoms with van der Waals surface area (Å²) < 4.78 is 2.10. The van der Waals surface area contributed by atoms with Crippen molar-refractivity contribution in [3.63, 3.8) is 0 Å². The normalized spacial score (nSPS) is 24.1. The lowest BCUT2D eigenvalue weighted by molar-refractivity contribution is 0.0483. The summed E-state index contributed by atoms with van der Waals surface area (Å²) in [6, 6.07) is 0. The minimum Gasteiger partial charge on any atom is -0.325 e. The molecule has 20 heavy (non-hydrogen) atoms. The Balaban J connectivity index is 1.86. The van der Waals surface area contributed by atoms with Crippen LogP contribution in [0.5, 0.6) is 0 Å². The van der Waals surface area contributed by atoms with Gasteiger partial charge in [0.2, 0.25) is 0 Å². The summed E-state index contributed by atoms with van der Waals surface area (Å²) in [5.74, 6) is 0. The van der Waals surface area contributed by atoms with Crippen molar-refractivity contribution in [3.05, 3.63) is 23.5 Å². The number of imidazole rings is 1. The fourth-order valence-electron chi connectivity index (χ4n) is 4.74. The first-order valence-corrected chi connectivity index (χ1v) is 8.25. The van der Waals surface area contributed by atoms with E-state index >= 15 is 0 Å². The molecule has 0 radical (unpaired) electrons. The van der Waals surface area contributed by atoms with Crippen molar-refractivity contribution < 1.29 is 0 Å². The summed E-state index contributed by atoms with van der Waals surface area (Å²) in [4.78, 5) is 5.78. The summed E-state index contributed by atoms with van der Waals surface area (Å²) in [6.07, 6.45) is 8.48. The first-order chi connectivity index (χ1) is 9.17. The van der Waals surface area contributed by atoms with Gasteiger partial charge < -0.3 is 5.73 Å². The van der Waals surface area contributed by atoms with Crippen LogP contribution in [0.1, 0.15) is 52.7 Å². The maximum Gasteiger partial charge on any atom is 0.193 e. The molecule has 2 aromatic heterocycles. The molecular weight excluding hydrogens is 266 g/mol. The van der Waals surface area contributed by atoms with Crippen molar-refractivity contribution >= 4 is 16.3 Å². The molecule has 110 valence electrons. The molecule has 2 N–H and O–H groups in total. The molecule has 3 nitrogen and oxygen atoms in total. The van der Waals surface area contributed by atoms with Gasteiger partial charge in [0.25, 0.3) is 0 Å². The van der Waals surface area contributed by atoms with Crippen LogP contribution in [0.3, 0.4) is 0 Å². The largest absolute Gasteiger partial charge is 0.325 e. The highest BCUT2D eigenvalue weighted by atomic mass is 32.1. The Morgan fingerprint density at radius 2 is 1.85 bits per heavy atom. The quantitative estimate of drug-likeness (QED) is 0.912. The highest BCUT2D eigenvalue weighted by Gasteiger charge is 2.45. The number of nitrogens with zero attached hydrogens (tertiary/aromatic N) is 2. The number of thiazole rings is 1. The zero-order valence-corrected chi connectivity index (χ0v) is 13.8. The number of aromatic nitrogens is 2. The summed E-state index contributed by atoms with van der Waals surface area (Å²) in [6.45, 7) is 9.39. The fourth-order valence-corrected chi connectivity index (χ4v) is 5.46. The molecule has 1 fully saturated rings. The van der Waals surface area contributed by atoms with Gasteiger partial charge in [-0.1, -0.05) is 27.7 Å². The molecule has 0 saturated heterocycles. The van der Waals surface area contributed by atoms with Crippen molar-refractivity contribution in [1.82, 2.24) is 9.38 Å². The van der Waals surface area contributed by atoms with Gasteiger partial charge in [-0.3, -0.25) is 4.40 Å². The molecule has 2 heterocycles. The first kappa shape index (κ1) is 14.1. The minimum absolute atomic E-state index is 0.130. The second kappa shape index (κ2) is 4.31. The van der Waals surface area contributed by atoms with Crippen LogP contribution in [0, 0.1) is 10.8 Å². The molecule has 0 atom stereocenters. The number of hydrogen-bond acceptors (Lipinski definition) is 3. The molecular formula is C16H25N3S. The summed E-state index contributed by atoms with van der Waals surface area (Å²) in [7, 11) is 0. The molecule has 1 saturated carbocycles. The molecule has 0 amide bonds. The number of hydrogen-bond donors (Lipinski definition) is 1. The summed E-state index contributed by atoms with van der Waals surface area (Å²) in [5, 5.41) is 2.07. The molecule has 3 rings (SSSR count). The second-order valence-corrected chi connectivity index (χ2v) is 9.10. The van der Waals surface area contributed by atoms with Gasteiger partial charge in [-0.15, -0.1) is 11.3 Å². The fraction of sp³-hybridized carbons (Fsp3) is 0.688. The van der Waals surface area contributed by atoms with Crippen LogP contribution in [0.4, 0.5) is 0 Å². The van der Waals surface area contributed by atoms with Crippen LogP contribution in [-0.4, -0.2) is 14.9 Å². The SMILES string of the molecule is CC1(C)CC(C)(C)CC(N)(Cc2cn3ccsc3n2)C1. The lowest BCUT2D eigenvalue weighted by Crippen LogP contribution is -2.53. The van der Waals surface area contributed by atoms with Crippen LogP contribution in [0.25, 0.3) is 4.96 Å². The van der Waals surface area contributed by atoms with E-state index in [1.165, 1.54) is 6.42 Å². The Morgan fingerprint density at radius 1 is 1.20 bits per heavy atom. The Kier molecular flexibility index (Phi) is 3.04. The lowest BCUT2D eigenvalue weighted by atomic mass is 9.58. The van der Waals surface area contributed by atoms with E-state index in [1.807, 2.05) is 0 Å². The zero-order chi connectivity index (χ0) is 14.6. The van der Waals surface area contributed by atoms with Crippen molar-refractivity contribution in [2.45, 2.75) is 58.9 Å². The van der Waals surface area contributed by atoms with Crippen LogP contribution < -0.4 is 5.73 Å². The van der Waals surface area contributed by atoms with E-state index in [1.54, 1.807) is 11.3 Å². The average molecular weight is 291 g/mol. The lowest BCUT2D eigenvalue weighted by Gasteiger charge is -2.50. The van der Waals surface area contributed by atoms with Crippen LogP contribution >= 0.6 is 11.3 Å². The molecule has 4 heteroatoms. The van der Waals surface area contributed by atoms with Gasteiger partial charge >= 0.3 is 0 Å². The predicted octanol–water partition coefficient (Wildman–Crippen LogP) is 3.87. The Labute approximate surface area is 125 Å². The summed E-state index contributed by atoms with van der Waals surface area (Å²) >= 11 is 1.68. The average Bonchev–Trinajstić information content (AvgIpc) is 2.69. The van der Waals surface area contributed by atoms with Crippen molar-refractivity contribution in [2.75, 3.05) is 0 Å². The Bertz CT molecular complexity index is 576. The topological polar surface area (TPSA) is 43.3 Å². The van der Waals surface area contributed by atoms with Gasteiger partial charge in [-0.25, -0.2) is 4.98 Å². The van der Waals surface area contributed by atoms with E-state index in [9.17, 15) is 0 Å². The van der Waals surface area contributed by atoms with Crippen molar-refractivity contribution in [2.24, 2.45) is 16.6 Å². The standard InChI is InChI=1S/C16H25N3S/c1-14(2)9-15(3,4)11-16(17,10-14)7-12-8-19-5-6-20-13(19)18-12/h5-6,8H,7,9-11,17H2,1-4H3. The van der Waals surface area contributed by atoms with E-state index in [2.05, 4.69) is 49.9 Å². The molecule has 0 unspecified atom stereocenters. The Morgan fingerprint density at radius 3 is 2.45 bits per heavy atom. The third kappa shape index (κ3) is 2.77. The van der Waals surface area contributed by atoms with Crippen molar-refractivity contribution in [3.8, 4) is 0 Å². The molecule has 0 spiro atoms. The molecule has 0 aromatic carbocycles. The van der Waals surface area contributed by atoms with Crippen LogP contribution in [0.2, 0.25) is 0 Å². The highest BCUT2D eigenvalue weighted by Crippen LogP contribution is 2.50. The second-order valence-electron chi connectivity index (χ2n) is 8.22. The maximum atomic E-state index is 6.79. The molecule has 1 aliphatic rings. The van der Waals surface area contributed by atoms with Crippen LogP contribution in [0.15, 0.2) is 17.8 Å². The van der Waals surface area contributed by atoms with E-state index < -0.39 is 0 Å². The summed E-state index contributed by atoms with van der Waals surface area (Å²) in [5.41, 5.74) is 8.42. The highest BCUT2D eigenvalue weighted by molar-refractivity contribution is 7.15. The first-order valence-electron chi connectivity index (χ1n) is 7.37. The van der Waals surface area contributed by atoms with Gasteiger partial charge in [0.05, 0.1) is 5.69 Å². The van der Waals surface area contributed by atoms with E-state index in [0.717, 1.165) is 29.9 Å². The number of fused-ring (bicyclic) bond motifs is 1. The third-order valence-corrected chi connectivity index (χ3v) is 5.07. The van der Waals surface area contributed by atoms with Crippen LogP contribution in [-0.2, 0) is 6.42 Å². The maximum absolute atomic E-state index is 6.79. The number of nitrogens with two attached hydrogens (primary N) is 1. The molecule has 1 aliphatic carbocycles. The third-order valence-electron chi connectivity index (χ3n) is 4.29. The van der Waals surface area contributed by atoms with Gasteiger partial charge in [-0.2, -0.15) is 0 Å². The van der Waals surface area contributed by atoms with E-state index in [0.29, 0.717) is 10.8 Å². The van der Waals surface area contributed by atoms with Gasteiger partial charge in [-0.05, 0) is 30.1 Å². The van der Waals surface area contributed by atoms with Gasteiger partial charge in [0.1, 0.15) is 0 Å². The monoisotopic (exact) mass is 291 g/mol. The van der Waals surface area contributed by atoms with Crippen molar-refractivity contribution in [1.29, 1.82) is 0 Å². The molecule has 0 aliphatic heterocycles. The molecule has 0 bridgehead atoms. The van der Waals surface area contributed by atoms with Gasteiger partial charge in [0.15, 0.2) is 4.96 Å². The zero-order valence-electron chi connectivity index (χ0n) is 12.9. The Hall–Kier alpha value is -0.870. The molecule has 2 aromatic rings.